The number of para-hydroxylation sites is 1. The minimum Gasteiger partial charge on any atom is -0.491 e. The molecule has 0 aliphatic carbocycles. The number of aromatic nitrogens is 1. The fraction of sp³-hybridized carbons (Fsp3) is 0.300. The number of benzene rings is 2. The molecule has 2 heterocycles. The Bertz CT molecular complexity index is 959. The first-order valence-corrected chi connectivity index (χ1v) is 9.80. The first-order valence-electron chi connectivity index (χ1n) is 8.98. The Hall–Kier alpha value is -2.84. The number of hydrogen-bond acceptors (Lipinski definition) is 7. The zero-order valence-corrected chi connectivity index (χ0v) is 16.5. The zero-order chi connectivity index (χ0) is 19.5. The van der Waals surface area contributed by atoms with Crippen LogP contribution in [0.2, 0.25) is 0 Å². The molecule has 0 spiro atoms. The van der Waals surface area contributed by atoms with E-state index < -0.39 is 0 Å². The van der Waals surface area contributed by atoms with E-state index in [1.54, 1.807) is 12.1 Å². The van der Waals surface area contributed by atoms with E-state index in [0.29, 0.717) is 47.8 Å². The predicted octanol–water partition coefficient (Wildman–Crippen LogP) is 3.26. The second-order valence-corrected chi connectivity index (χ2v) is 7.62. The molecule has 0 radical (unpaired) electrons. The molecule has 28 heavy (non-hydrogen) atoms. The van der Waals surface area contributed by atoms with E-state index in [9.17, 15) is 4.79 Å². The van der Waals surface area contributed by atoms with E-state index in [4.69, 9.17) is 14.2 Å². The number of likely N-dealkylation sites (N-methyl/N-ethyl adjacent to an activating group) is 1. The van der Waals surface area contributed by atoms with Crippen LogP contribution in [0, 0.1) is 0 Å². The number of carbonyl (C=O) groups excluding carboxylic acids is 1. The molecular formula is C20H21N3O4S. The van der Waals surface area contributed by atoms with Gasteiger partial charge in [0.2, 0.25) is 0 Å². The third kappa shape index (κ3) is 4.02. The molecule has 3 aromatic rings. The van der Waals surface area contributed by atoms with Crippen molar-refractivity contribution in [3.05, 3.63) is 42.0 Å². The largest absolute Gasteiger partial charge is 0.491 e. The Morgan fingerprint density at radius 3 is 2.75 bits per heavy atom. The van der Waals surface area contributed by atoms with Crippen LogP contribution >= 0.6 is 11.3 Å². The molecule has 1 N–H and O–H groups in total. The summed E-state index contributed by atoms with van der Waals surface area (Å²) in [6.07, 6.45) is 0. The van der Waals surface area contributed by atoms with Gasteiger partial charge in [-0.3, -0.25) is 10.1 Å². The molecule has 1 aromatic heterocycles. The molecule has 0 bridgehead atoms. The van der Waals surface area contributed by atoms with Gasteiger partial charge in [0.1, 0.15) is 25.6 Å². The molecule has 1 amide bonds. The topological polar surface area (TPSA) is 72.9 Å². The minimum absolute atomic E-state index is 0.253. The number of anilines is 1. The summed E-state index contributed by atoms with van der Waals surface area (Å²) in [6.45, 7) is 2.33. The van der Waals surface area contributed by atoms with Gasteiger partial charge in [-0.25, -0.2) is 4.98 Å². The SMILES string of the molecule is CN(C)CCOc1ccccc1C(=O)Nc1nc2cc3c(cc2s1)OCCO3. The van der Waals surface area contributed by atoms with Crippen LogP contribution in [-0.2, 0) is 0 Å². The van der Waals surface area contributed by atoms with Crippen LogP contribution in [0.4, 0.5) is 5.13 Å². The lowest BCUT2D eigenvalue weighted by molar-refractivity contribution is 0.102. The number of ether oxygens (including phenoxy) is 3. The van der Waals surface area contributed by atoms with Crippen LogP contribution in [0.1, 0.15) is 10.4 Å². The quantitative estimate of drug-likeness (QED) is 0.686. The highest BCUT2D eigenvalue weighted by Gasteiger charge is 2.18. The van der Waals surface area contributed by atoms with Gasteiger partial charge in [0.25, 0.3) is 5.91 Å². The van der Waals surface area contributed by atoms with Crippen LogP contribution in [0.15, 0.2) is 36.4 Å². The normalized spacial score (nSPS) is 13.0. The smallest absolute Gasteiger partial charge is 0.261 e. The van der Waals surface area contributed by atoms with Gasteiger partial charge in [-0.05, 0) is 26.2 Å². The molecule has 2 aromatic carbocycles. The second kappa shape index (κ2) is 8.04. The molecule has 0 fully saturated rings. The number of nitrogens with zero attached hydrogens (tertiary/aromatic N) is 2. The van der Waals surface area contributed by atoms with Gasteiger partial charge in [-0.15, -0.1) is 0 Å². The van der Waals surface area contributed by atoms with Crippen LogP contribution < -0.4 is 19.5 Å². The lowest BCUT2D eigenvalue weighted by Crippen LogP contribution is -2.20. The summed E-state index contributed by atoms with van der Waals surface area (Å²) >= 11 is 1.39. The Labute approximate surface area is 166 Å². The Morgan fingerprint density at radius 1 is 1.21 bits per heavy atom. The molecule has 0 atom stereocenters. The zero-order valence-electron chi connectivity index (χ0n) is 15.7. The summed E-state index contributed by atoms with van der Waals surface area (Å²) in [4.78, 5) is 19.3. The van der Waals surface area contributed by atoms with Crippen molar-refractivity contribution >= 4 is 32.6 Å². The lowest BCUT2D eigenvalue weighted by Gasteiger charge is -2.17. The Kier molecular flexibility index (Phi) is 5.31. The molecule has 0 unspecified atom stereocenters. The molecule has 1 aliphatic heterocycles. The van der Waals surface area contributed by atoms with Crippen molar-refractivity contribution in [2.75, 3.05) is 45.8 Å². The summed E-state index contributed by atoms with van der Waals surface area (Å²) in [5.74, 6) is 1.69. The fourth-order valence-electron chi connectivity index (χ4n) is 2.80. The first kappa shape index (κ1) is 18.5. The fourth-order valence-corrected chi connectivity index (χ4v) is 3.67. The Morgan fingerprint density at radius 2 is 1.96 bits per heavy atom. The molecule has 0 saturated heterocycles. The van der Waals surface area contributed by atoms with Crippen molar-refractivity contribution < 1.29 is 19.0 Å². The van der Waals surface area contributed by atoms with Crippen molar-refractivity contribution in [3.8, 4) is 17.2 Å². The molecule has 146 valence electrons. The highest BCUT2D eigenvalue weighted by atomic mass is 32.1. The molecule has 4 rings (SSSR count). The molecule has 1 aliphatic rings. The number of hydrogen-bond donors (Lipinski definition) is 1. The van der Waals surface area contributed by atoms with Crippen molar-refractivity contribution in [1.29, 1.82) is 0 Å². The number of carbonyl (C=O) groups is 1. The second-order valence-electron chi connectivity index (χ2n) is 6.58. The number of nitrogens with one attached hydrogen (secondary N) is 1. The van der Waals surface area contributed by atoms with Crippen molar-refractivity contribution in [1.82, 2.24) is 9.88 Å². The van der Waals surface area contributed by atoms with E-state index >= 15 is 0 Å². The summed E-state index contributed by atoms with van der Waals surface area (Å²) in [5, 5.41) is 3.39. The van der Waals surface area contributed by atoms with Crippen molar-refractivity contribution in [3.63, 3.8) is 0 Å². The van der Waals surface area contributed by atoms with Crippen LogP contribution in [0.3, 0.4) is 0 Å². The molecule has 8 heteroatoms. The number of amides is 1. The summed E-state index contributed by atoms with van der Waals surface area (Å²) in [6, 6.07) is 10.9. The maximum absolute atomic E-state index is 12.8. The van der Waals surface area contributed by atoms with Crippen LogP contribution in [0.25, 0.3) is 10.2 Å². The maximum Gasteiger partial charge on any atom is 0.261 e. The van der Waals surface area contributed by atoms with E-state index in [-0.39, 0.29) is 5.91 Å². The first-order chi connectivity index (χ1) is 13.6. The minimum atomic E-state index is -0.253. The van der Waals surface area contributed by atoms with E-state index in [1.165, 1.54) is 11.3 Å². The van der Waals surface area contributed by atoms with Gasteiger partial charge >= 0.3 is 0 Å². The van der Waals surface area contributed by atoms with Gasteiger partial charge in [0, 0.05) is 18.7 Å². The van der Waals surface area contributed by atoms with Gasteiger partial charge in [-0.2, -0.15) is 0 Å². The standard InChI is InChI=1S/C20H21N3O4S/c1-23(2)7-8-25-15-6-4-3-5-13(15)19(24)22-20-21-14-11-16-17(12-18(14)28-20)27-10-9-26-16/h3-6,11-12H,7-10H2,1-2H3,(H,21,22,24). The predicted molar refractivity (Wildman–Crippen MR) is 109 cm³/mol. The monoisotopic (exact) mass is 399 g/mol. The van der Waals surface area contributed by atoms with Crippen molar-refractivity contribution in [2.24, 2.45) is 0 Å². The van der Waals surface area contributed by atoms with Gasteiger partial charge in [0.05, 0.1) is 15.8 Å². The van der Waals surface area contributed by atoms with Crippen LogP contribution in [-0.4, -0.2) is 56.3 Å². The van der Waals surface area contributed by atoms with E-state index in [2.05, 4.69) is 10.3 Å². The Balaban J connectivity index is 1.52. The lowest BCUT2D eigenvalue weighted by atomic mass is 10.2. The number of fused-ring (bicyclic) bond motifs is 2. The summed E-state index contributed by atoms with van der Waals surface area (Å²) in [7, 11) is 3.95. The maximum atomic E-state index is 12.8. The third-order valence-electron chi connectivity index (χ3n) is 4.20. The average molecular weight is 399 g/mol. The summed E-state index contributed by atoms with van der Waals surface area (Å²) in [5.41, 5.74) is 1.24. The highest BCUT2D eigenvalue weighted by Crippen LogP contribution is 2.38. The molecule has 0 saturated carbocycles. The molecule has 7 nitrogen and oxygen atoms in total. The highest BCUT2D eigenvalue weighted by molar-refractivity contribution is 7.22. The van der Waals surface area contributed by atoms with E-state index in [0.717, 1.165) is 16.8 Å². The van der Waals surface area contributed by atoms with Gasteiger partial charge in [0.15, 0.2) is 16.6 Å². The van der Waals surface area contributed by atoms with Gasteiger partial charge in [-0.1, -0.05) is 23.5 Å². The third-order valence-corrected chi connectivity index (χ3v) is 5.13. The number of thiazole rings is 1. The average Bonchev–Trinajstić information content (AvgIpc) is 3.07. The summed E-state index contributed by atoms with van der Waals surface area (Å²) < 4.78 is 17.9. The molecular weight excluding hydrogens is 378 g/mol. The van der Waals surface area contributed by atoms with Gasteiger partial charge < -0.3 is 19.1 Å². The van der Waals surface area contributed by atoms with E-state index in [1.807, 2.05) is 43.3 Å². The van der Waals surface area contributed by atoms with Crippen LogP contribution in [0.5, 0.6) is 17.2 Å². The van der Waals surface area contributed by atoms with Crippen molar-refractivity contribution in [2.45, 2.75) is 0 Å². The number of rotatable bonds is 6.